The molecule has 0 atom stereocenters. The molecule has 25 aromatic rings. The quantitative estimate of drug-likeness (QED) is 0.156. The number of hydrogen-bond acceptors (Lipinski definition) is 3. The fourth-order valence-corrected chi connectivity index (χ4v) is 18.7. The van der Waals surface area contributed by atoms with Gasteiger partial charge in [-0.1, -0.05) is 382 Å². The van der Waals surface area contributed by atoms with Crippen LogP contribution in [0.3, 0.4) is 0 Å². The summed E-state index contributed by atoms with van der Waals surface area (Å²) in [5.41, 5.74) is 17.8. The lowest BCUT2D eigenvalue weighted by Crippen LogP contribution is -1.91. The van der Waals surface area contributed by atoms with Crippen molar-refractivity contribution in [2.45, 2.75) is 0 Å². The third-order valence-electron chi connectivity index (χ3n) is 23.6. The minimum absolute atomic E-state index is 0.202. The molecule has 3 heteroatoms. The predicted octanol–water partition coefficient (Wildman–Crippen LogP) is 32.3. The highest BCUT2D eigenvalue weighted by atomic mass is 16.3. The van der Waals surface area contributed by atoms with E-state index in [2.05, 4.69) is 315 Å². The van der Waals surface area contributed by atoms with Gasteiger partial charge in [0.2, 0.25) is 0 Å². The first kappa shape index (κ1) is 60.6. The molecule has 3 heterocycles. The van der Waals surface area contributed by atoms with Crippen LogP contribution in [0, 0.1) is 0 Å². The Balaban J connectivity index is 0.000000105. The highest BCUT2D eigenvalue weighted by Gasteiger charge is 2.26. The van der Waals surface area contributed by atoms with E-state index in [1.165, 1.54) is 114 Å². The molecule has 0 N–H and O–H groups in total. The van der Waals surface area contributed by atoms with E-state index in [4.69, 9.17) is 20.1 Å². The Morgan fingerprint density at radius 1 is 0.165 bits per heavy atom. The minimum atomic E-state index is -0.400. The van der Waals surface area contributed by atoms with Crippen LogP contribution in [0.15, 0.2) is 426 Å². The van der Waals surface area contributed by atoms with Crippen LogP contribution in [0.4, 0.5) is 0 Å². The van der Waals surface area contributed by atoms with Gasteiger partial charge in [-0.15, -0.1) is 0 Å². The Bertz CT molecular complexity index is 8430. The zero-order valence-corrected chi connectivity index (χ0v) is 62.1. The van der Waals surface area contributed by atoms with Gasteiger partial charge < -0.3 is 13.3 Å². The van der Waals surface area contributed by atoms with Crippen LogP contribution in [0.5, 0.6) is 0 Å². The van der Waals surface area contributed by atoms with Crippen molar-refractivity contribution < 1.29 is 20.1 Å². The number of para-hydroxylation sites is 3. The van der Waals surface area contributed by atoms with Crippen molar-refractivity contribution in [1.82, 2.24) is 0 Å². The molecule has 0 aliphatic rings. The van der Waals surface area contributed by atoms with Crippen molar-refractivity contribution in [2.75, 3.05) is 0 Å². The van der Waals surface area contributed by atoms with Gasteiger partial charge in [-0.25, -0.2) is 0 Å². The zero-order chi connectivity index (χ0) is 80.0. The summed E-state index contributed by atoms with van der Waals surface area (Å²) in [4.78, 5) is 0. The molecule has 0 fully saturated rings. The molecular weight excluding hydrogens is 1390 g/mol. The smallest absolute Gasteiger partial charge is 0.143 e. The van der Waals surface area contributed by atoms with Crippen LogP contribution < -0.4 is 0 Å². The summed E-state index contributed by atoms with van der Waals surface area (Å²) < 4.78 is 62.4. The summed E-state index contributed by atoms with van der Waals surface area (Å²) >= 11 is 0. The monoisotopic (exact) mass is 1470 g/mol. The van der Waals surface area contributed by atoms with Gasteiger partial charge >= 0.3 is 0 Å². The van der Waals surface area contributed by atoms with Gasteiger partial charge in [0.05, 0.1) is 6.85 Å². The third-order valence-corrected chi connectivity index (χ3v) is 23.6. The minimum Gasteiger partial charge on any atom is -0.455 e. The number of furan rings is 3. The molecule has 0 aliphatic heterocycles. The predicted molar refractivity (Wildman–Crippen MR) is 489 cm³/mol. The van der Waals surface area contributed by atoms with E-state index in [1.54, 1.807) is 0 Å². The average Bonchev–Trinajstić information content (AvgIpc) is 1.48. The van der Waals surface area contributed by atoms with E-state index >= 15 is 0 Å². The van der Waals surface area contributed by atoms with Crippen molar-refractivity contribution in [2.24, 2.45) is 0 Å². The summed E-state index contributed by atoms with van der Waals surface area (Å²) in [5, 5.41) is 29.8. The largest absolute Gasteiger partial charge is 0.455 e. The molecular formula is C112H68O3. The second-order valence-electron chi connectivity index (χ2n) is 29.8. The standard InChI is InChI=1S/C40H24O.2C36H22O/c1-2-12-27-24-28(21-20-25(27)10-1)37-30-14-5-7-16-32(30)38(33-17-8-6-15-31(33)37)34-18-9-19-35-39-29-13-4-3-11-26(29)22-23-36(39)41-40(34)35;1-2-12-24(13-3-1)33-26-15-6-8-17-28(26)34(29-18-9-7-16-27(29)33)30-19-10-20-31-35-25-14-5-4-11-23(25)21-22-32(35)37-36(30)31;1-2-11-23(12-3-1)34-26-15-6-8-17-28(26)35(29-18-9-7-16-27(29)34)31-20-10-19-30-32-21-24-13-4-5-14-25(24)22-33(32)37-36(30)31/h1-24H;2*1-22H/i;1D,2D,3D,12D,13D;. The summed E-state index contributed by atoms with van der Waals surface area (Å²) in [6, 6.07) is 133. The first-order chi connectivity index (χ1) is 59.2. The highest BCUT2D eigenvalue weighted by Crippen LogP contribution is 2.52. The van der Waals surface area contributed by atoms with E-state index in [1.807, 2.05) is 66.7 Å². The van der Waals surface area contributed by atoms with Crippen LogP contribution in [-0.2, 0) is 0 Å². The van der Waals surface area contributed by atoms with Crippen molar-refractivity contribution in [1.29, 1.82) is 0 Å². The Morgan fingerprint density at radius 3 is 0.904 bits per heavy atom. The molecule has 0 bridgehead atoms. The maximum atomic E-state index is 8.79. The lowest BCUT2D eigenvalue weighted by molar-refractivity contribution is 0.670. The van der Waals surface area contributed by atoms with E-state index in [0.29, 0.717) is 5.56 Å². The van der Waals surface area contributed by atoms with Crippen molar-refractivity contribution in [3.05, 3.63) is 412 Å². The molecule has 3 aromatic heterocycles. The third kappa shape index (κ3) is 10.6. The fraction of sp³-hybridized carbons (Fsp3) is 0. The van der Waals surface area contributed by atoms with Gasteiger partial charge in [-0.2, -0.15) is 0 Å². The van der Waals surface area contributed by atoms with Gasteiger partial charge in [0.25, 0.3) is 0 Å². The number of hydrogen-bond donors (Lipinski definition) is 0. The molecule has 25 rings (SSSR count). The summed E-state index contributed by atoms with van der Waals surface area (Å²) in [5.74, 6) is 0. The van der Waals surface area contributed by atoms with Crippen molar-refractivity contribution >= 4 is 174 Å². The second-order valence-corrected chi connectivity index (χ2v) is 29.8. The molecule has 22 aromatic carbocycles. The first-order valence-electron chi connectivity index (χ1n) is 41.6. The average molecular weight is 1470 g/mol. The summed E-state index contributed by atoms with van der Waals surface area (Å²) in [6.45, 7) is 0. The van der Waals surface area contributed by atoms with Crippen LogP contribution in [0.2, 0.25) is 0 Å². The van der Waals surface area contributed by atoms with Crippen LogP contribution >= 0.6 is 0 Å². The van der Waals surface area contributed by atoms with Gasteiger partial charge in [0.15, 0.2) is 0 Å². The van der Waals surface area contributed by atoms with Gasteiger partial charge in [0.1, 0.15) is 33.5 Å². The maximum Gasteiger partial charge on any atom is 0.143 e. The molecule has 0 unspecified atom stereocenters. The summed E-state index contributed by atoms with van der Waals surface area (Å²) in [6.07, 6.45) is 0. The van der Waals surface area contributed by atoms with Crippen LogP contribution in [-0.4, -0.2) is 0 Å². The molecule has 0 saturated carbocycles. The van der Waals surface area contributed by atoms with E-state index in [0.717, 1.165) is 115 Å². The highest BCUT2D eigenvalue weighted by molar-refractivity contribution is 6.30. The fourth-order valence-electron chi connectivity index (χ4n) is 18.7. The summed E-state index contributed by atoms with van der Waals surface area (Å²) in [7, 11) is 0. The number of rotatable bonds is 6. The number of benzene rings is 22. The molecule has 0 amide bonds. The Kier molecular flexibility index (Phi) is 14.1. The molecule has 115 heavy (non-hydrogen) atoms. The lowest BCUT2D eigenvalue weighted by atomic mass is 9.85. The van der Waals surface area contributed by atoms with Crippen LogP contribution in [0.1, 0.15) is 6.85 Å². The van der Waals surface area contributed by atoms with Crippen LogP contribution in [0.25, 0.3) is 240 Å². The van der Waals surface area contributed by atoms with Gasteiger partial charge in [0, 0.05) is 65.7 Å². The Hall–Kier alpha value is -15.2. The van der Waals surface area contributed by atoms with Gasteiger partial charge in [-0.05, 0) is 171 Å². The van der Waals surface area contributed by atoms with Crippen molar-refractivity contribution in [3.63, 3.8) is 0 Å². The van der Waals surface area contributed by atoms with E-state index < -0.39 is 6.04 Å². The molecule has 0 saturated heterocycles. The van der Waals surface area contributed by atoms with E-state index in [-0.39, 0.29) is 29.7 Å². The Morgan fingerprint density at radius 2 is 0.470 bits per heavy atom. The molecule has 0 radical (unpaired) electrons. The SMILES string of the molecule is [2H]c1c([2H])c([2H])c(-c2c3ccccc3c(-c3cccc4c3oc3ccc5ccccc5c34)c3ccccc23)c([2H])c1[2H].c1ccc(-c2c3ccccc3c(-c3cccc4c3oc3cc5ccccc5cc34)c3ccccc23)cc1.c1ccc2cc(-c3c4ccccc4c(-c4cccc5c4oc4ccc6ccccc6c45)c4ccccc34)ccc2c1. The van der Waals surface area contributed by atoms with E-state index in [9.17, 15) is 0 Å². The zero-order valence-electron chi connectivity index (χ0n) is 67.1. The molecule has 0 spiro atoms. The second kappa shape index (κ2) is 26.8. The molecule has 3 nitrogen and oxygen atoms in total. The molecule has 0 aliphatic carbocycles. The molecule has 534 valence electrons. The number of fused-ring (bicyclic) bond motifs is 21. The normalized spacial score (nSPS) is 12.4. The first-order valence-corrected chi connectivity index (χ1v) is 39.1. The maximum absolute atomic E-state index is 8.79. The lowest BCUT2D eigenvalue weighted by Gasteiger charge is -2.18. The van der Waals surface area contributed by atoms with Gasteiger partial charge in [-0.3, -0.25) is 0 Å². The topological polar surface area (TPSA) is 39.4 Å². The Labute approximate surface area is 668 Å². The van der Waals surface area contributed by atoms with Crippen molar-refractivity contribution in [3.8, 4) is 66.8 Å².